The maximum absolute atomic E-state index is 13.8. The second-order valence-corrected chi connectivity index (χ2v) is 12.6. The van der Waals surface area contributed by atoms with Gasteiger partial charge in [-0.05, 0) is 113 Å². The molecule has 1 fully saturated rings. The van der Waals surface area contributed by atoms with Crippen molar-refractivity contribution < 1.29 is 14.3 Å². The van der Waals surface area contributed by atoms with Gasteiger partial charge in [-0.15, -0.1) is 0 Å². The molecule has 0 spiro atoms. The maximum Gasteiger partial charge on any atom is 0.232 e. The SMILES string of the molecule is COc1cc2c(cc1OC(C)C)[C@H](c1ccc(Cl)cc1)N(c1ccc(N(C)CC3CCC(N(C)C)CC3)nc1)C(=O)C2. The number of ether oxygens (including phenoxy) is 2. The number of hydrogen-bond donors (Lipinski definition) is 0. The summed E-state index contributed by atoms with van der Waals surface area (Å²) in [7, 11) is 8.10. The van der Waals surface area contributed by atoms with Gasteiger partial charge in [0.15, 0.2) is 11.5 Å². The second kappa shape index (κ2) is 12.9. The predicted molar refractivity (Wildman–Crippen MR) is 170 cm³/mol. The molecule has 0 radical (unpaired) electrons. The molecular weight excluding hydrogens is 548 g/mol. The van der Waals surface area contributed by atoms with Crippen molar-refractivity contribution in [2.75, 3.05) is 44.6 Å². The van der Waals surface area contributed by atoms with Gasteiger partial charge in [-0.25, -0.2) is 4.98 Å². The Hall–Kier alpha value is -3.29. The summed E-state index contributed by atoms with van der Waals surface area (Å²) in [5.74, 6) is 2.87. The van der Waals surface area contributed by atoms with Crippen molar-refractivity contribution in [1.29, 1.82) is 0 Å². The summed E-state index contributed by atoms with van der Waals surface area (Å²) in [6, 6.07) is 16.0. The average molecular weight is 591 g/mol. The number of halogens is 1. The minimum Gasteiger partial charge on any atom is -0.493 e. The number of pyridine rings is 1. The Morgan fingerprint density at radius 2 is 1.71 bits per heavy atom. The van der Waals surface area contributed by atoms with Crippen LogP contribution in [0.5, 0.6) is 11.5 Å². The van der Waals surface area contributed by atoms with Crippen LogP contribution in [0.2, 0.25) is 5.02 Å². The lowest BCUT2D eigenvalue weighted by Crippen LogP contribution is -2.41. The van der Waals surface area contributed by atoms with E-state index in [4.69, 9.17) is 26.1 Å². The van der Waals surface area contributed by atoms with E-state index in [1.165, 1.54) is 25.7 Å². The number of nitrogens with zero attached hydrogens (tertiary/aromatic N) is 4. The van der Waals surface area contributed by atoms with Crippen molar-refractivity contribution in [3.05, 3.63) is 76.4 Å². The zero-order valence-electron chi connectivity index (χ0n) is 25.6. The number of amides is 1. The largest absolute Gasteiger partial charge is 0.493 e. The van der Waals surface area contributed by atoms with E-state index in [1.807, 2.05) is 73.5 Å². The summed E-state index contributed by atoms with van der Waals surface area (Å²) in [4.78, 5) is 25.1. The lowest BCUT2D eigenvalue weighted by atomic mass is 9.85. The highest BCUT2D eigenvalue weighted by Crippen LogP contribution is 2.44. The molecule has 7 nitrogen and oxygen atoms in total. The Labute approximate surface area is 255 Å². The molecule has 0 saturated heterocycles. The Kier molecular flexibility index (Phi) is 9.28. The van der Waals surface area contributed by atoms with Gasteiger partial charge in [0.25, 0.3) is 0 Å². The molecule has 1 atom stereocenters. The first-order chi connectivity index (χ1) is 20.1. The number of fused-ring (bicyclic) bond motifs is 1. The summed E-state index contributed by atoms with van der Waals surface area (Å²) in [6.07, 6.45) is 7.04. The molecule has 42 heavy (non-hydrogen) atoms. The molecular formula is C34H43ClN4O3. The van der Waals surface area contributed by atoms with E-state index in [-0.39, 0.29) is 24.5 Å². The molecule has 2 heterocycles. The third-order valence-corrected chi connectivity index (χ3v) is 8.87. The third kappa shape index (κ3) is 6.52. The summed E-state index contributed by atoms with van der Waals surface area (Å²) in [6.45, 7) is 4.96. The van der Waals surface area contributed by atoms with E-state index in [9.17, 15) is 4.79 Å². The van der Waals surface area contributed by atoms with Crippen LogP contribution in [-0.2, 0) is 11.2 Å². The second-order valence-electron chi connectivity index (χ2n) is 12.2. The van der Waals surface area contributed by atoms with Gasteiger partial charge in [-0.3, -0.25) is 9.69 Å². The van der Waals surface area contributed by atoms with Gasteiger partial charge in [0.1, 0.15) is 5.82 Å². The Balaban J connectivity index is 1.44. The molecule has 1 aromatic heterocycles. The summed E-state index contributed by atoms with van der Waals surface area (Å²) in [5.41, 5.74) is 3.65. The molecule has 0 unspecified atom stereocenters. The molecule has 1 aliphatic carbocycles. The quantitative estimate of drug-likeness (QED) is 0.274. The summed E-state index contributed by atoms with van der Waals surface area (Å²) >= 11 is 6.26. The van der Waals surface area contributed by atoms with Crippen LogP contribution in [0.3, 0.4) is 0 Å². The molecule has 0 bridgehead atoms. The number of anilines is 2. The monoisotopic (exact) mass is 590 g/mol. The van der Waals surface area contributed by atoms with E-state index >= 15 is 0 Å². The number of benzene rings is 2. The van der Waals surface area contributed by atoms with Gasteiger partial charge in [0, 0.05) is 24.7 Å². The lowest BCUT2D eigenvalue weighted by Gasteiger charge is -2.38. The van der Waals surface area contributed by atoms with Gasteiger partial charge < -0.3 is 19.3 Å². The van der Waals surface area contributed by atoms with Gasteiger partial charge in [-0.1, -0.05) is 23.7 Å². The Morgan fingerprint density at radius 1 is 1.00 bits per heavy atom. The predicted octanol–water partition coefficient (Wildman–Crippen LogP) is 6.77. The highest BCUT2D eigenvalue weighted by Gasteiger charge is 2.36. The van der Waals surface area contributed by atoms with Crippen molar-refractivity contribution in [3.63, 3.8) is 0 Å². The van der Waals surface area contributed by atoms with Gasteiger partial charge in [0.05, 0.1) is 37.6 Å². The molecule has 0 N–H and O–H groups in total. The van der Waals surface area contributed by atoms with E-state index < -0.39 is 0 Å². The topological polar surface area (TPSA) is 58.1 Å². The van der Waals surface area contributed by atoms with Crippen LogP contribution in [0.4, 0.5) is 11.5 Å². The summed E-state index contributed by atoms with van der Waals surface area (Å²) in [5, 5.41) is 0.649. The average Bonchev–Trinajstić information content (AvgIpc) is 2.97. The molecule has 3 aromatic rings. The van der Waals surface area contributed by atoms with Crippen molar-refractivity contribution in [2.24, 2.45) is 5.92 Å². The van der Waals surface area contributed by atoms with Crippen LogP contribution >= 0.6 is 11.6 Å². The highest BCUT2D eigenvalue weighted by molar-refractivity contribution is 6.30. The fourth-order valence-electron chi connectivity index (χ4n) is 6.40. The van der Waals surface area contributed by atoms with Crippen molar-refractivity contribution >= 4 is 29.0 Å². The fourth-order valence-corrected chi connectivity index (χ4v) is 6.53. The first kappa shape index (κ1) is 30.2. The van der Waals surface area contributed by atoms with Crippen LogP contribution in [0, 0.1) is 5.92 Å². The van der Waals surface area contributed by atoms with E-state index in [0.717, 1.165) is 34.7 Å². The van der Waals surface area contributed by atoms with E-state index in [0.29, 0.717) is 28.5 Å². The molecule has 1 aliphatic heterocycles. The fraction of sp³-hybridized carbons (Fsp3) is 0.471. The molecule has 8 heteroatoms. The minimum absolute atomic E-state index is 0.00240. The zero-order chi connectivity index (χ0) is 30.0. The number of rotatable bonds is 9. The van der Waals surface area contributed by atoms with Crippen LogP contribution in [0.25, 0.3) is 0 Å². The summed E-state index contributed by atoms with van der Waals surface area (Å²) < 4.78 is 11.8. The minimum atomic E-state index is -0.365. The number of hydrogen-bond acceptors (Lipinski definition) is 6. The number of carbonyl (C=O) groups excluding carboxylic acids is 1. The van der Waals surface area contributed by atoms with Crippen LogP contribution in [0.15, 0.2) is 54.7 Å². The molecule has 224 valence electrons. The number of methoxy groups -OCH3 is 1. The molecule has 1 amide bonds. The first-order valence-electron chi connectivity index (χ1n) is 14.9. The Bertz CT molecular complexity index is 1370. The van der Waals surface area contributed by atoms with Crippen molar-refractivity contribution in [2.45, 2.75) is 64.1 Å². The molecule has 2 aromatic carbocycles. The van der Waals surface area contributed by atoms with Gasteiger partial charge in [-0.2, -0.15) is 0 Å². The van der Waals surface area contributed by atoms with Gasteiger partial charge >= 0.3 is 0 Å². The van der Waals surface area contributed by atoms with E-state index in [1.54, 1.807) is 7.11 Å². The van der Waals surface area contributed by atoms with Crippen LogP contribution < -0.4 is 19.3 Å². The molecule has 1 saturated carbocycles. The highest BCUT2D eigenvalue weighted by atomic mass is 35.5. The third-order valence-electron chi connectivity index (χ3n) is 8.62. The normalized spacial score (nSPS) is 20.5. The first-order valence-corrected chi connectivity index (χ1v) is 15.3. The molecule has 5 rings (SSSR count). The van der Waals surface area contributed by atoms with Crippen LogP contribution in [0.1, 0.15) is 62.3 Å². The smallest absolute Gasteiger partial charge is 0.232 e. The standard InChI is InChI=1S/C34H43ClN4O3/c1-22(2)42-31-19-29-25(17-30(31)41-6)18-33(40)39(34(29)24-9-11-26(35)12-10-24)28-15-16-32(36-20-28)38(5)21-23-7-13-27(14-8-23)37(3)4/h9-12,15-17,19-20,22-23,27,34H,7-8,13-14,18,21H2,1-6H3/t23?,27?,34-/m0/s1. The number of aromatic nitrogens is 1. The van der Waals surface area contributed by atoms with Crippen molar-refractivity contribution in [3.8, 4) is 11.5 Å². The Morgan fingerprint density at radius 3 is 2.31 bits per heavy atom. The molecule has 2 aliphatic rings. The maximum atomic E-state index is 13.8. The zero-order valence-corrected chi connectivity index (χ0v) is 26.4. The van der Waals surface area contributed by atoms with Crippen LogP contribution in [-0.4, -0.2) is 62.7 Å². The van der Waals surface area contributed by atoms with Gasteiger partial charge in [0.2, 0.25) is 5.91 Å². The lowest BCUT2D eigenvalue weighted by molar-refractivity contribution is -0.118. The number of carbonyl (C=O) groups is 1. The van der Waals surface area contributed by atoms with Crippen molar-refractivity contribution in [1.82, 2.24) is 9.88 Å². The van der Waals surface area contributed by atoms with E-state index in [2.05, 4.69) is 30.9 Å².